The molecule has 122 valence electrons. The van der Waals surface area contributed by atoms with Gasteiger partial charge in [-0.15, -0.1) is 11.3 Å². The first-order valence-electron chi connectivity index (χ1n) is 8.49. The van der Waals surface area contributed by atoms with Crippen LogP contribution in [0.2, 0.25) is 0 Å². The predicted molar refractivity (Wildman–Crippen MR) is 95.0 cm³/mol. The predicted octanol–water partition coefficient (Wildman–Crippen LogP) is 3.68. The largest absolute Gasteiger partial charge is 0.496 e. The van der Waals surface area contributed by atoms with Crippen LogP contribution in [-0.4, -0.2) is 31.1 Å². The van der Waals surface area contributed by atoms with Crippen LogP contribution in [0.5, 0.6) is 5.75 Å². The van der Waals surface area contributed by atoms with Crippen molar-refractivity contribution in [2.24, 2.45) is 5.92 Å². The van der Waals surface area contributed by atoms with E-state index >= 15 is 0 Å². The van der Waals surface area contributed by atoms with Crippen LogP contribution in [0, 0.1) is 5.92 Å². The summed E-state index contributed by atoms with van der Waals surface area (Å²) in [7, 11) is 1.76. The van der Waals surface area contributed by atoms with E-state index < -0.39 is 0 Å². The zero-order valence-corrected chi connectivity index (χ0v) is 14.4. The number of hydrogen-bond donors (Lipinski definition) is 1. The minimum atomic E-state index is 0.509. The molecule has 23 heavy (non-hydrogen) atoms. The Hall–Kier alpha value is -1.36. The average Bonchev–Trinajstić information content (AvgIpc) is 3.09. The topological polar surface area (TPSA) is 24.5 Å². The molecule has 0 radical (unpaired) electrons. The van der Waals surface area contributed by atoms with Crippen molar-refractivity contribution in [2.75, 3.05) is 20.2 Å². The normalized spacial score (nSPS) is 29.6. The Morgan fingerprint density at radius 1 is 1.17 bits per heavy atom. The number of nitrogens with one attached hydrogen (secondary N) is 1. The SMILES string of the molecule is COc1ccsc1CNC1C2CCN(CC2)C1c1ccccc1. The molecule has 3 aliphatic rings. The summed E-state index contributed by atoms with van der Waals surface area (Å²) in [5.74, 6) is 1.80. The monoisotopic (exact) mass is 328 g/mol. The first kappa shape index (κ1) is 15.2. The van der Waals surface area contributed by atoms with Crippen molar-refractivity contribution in [3.8, 4) is 5.75 Å². The standard InChI is InChI=1S/C19H24N2OS/c1-22-16-9-12-23-17(16)13-20-18-14-7-10-21(11-8-14)19(18)15-5-3-2-4-6-15/h2-6,9,12,14,18-20H,7-8,10-11,13H2,1H3. The van der Waals surface area contributed by atoms with Gasteiger partial charge in [-0.3, -0.25) is 4.90 Å². The molecule has 2 unspecified atom stereocenters. The third-order valence-electron chi connectivity index (χ3n) is 5.38. The van der Waals surface area contributed by atoms with E-state index in [1.165, 1.54) is 36.4 Å². The van der Waals surface area contributed by atoms with E-state index in [9.17, 15) is 0 Å². The van der Waals surface area contributed by atoms with E-state index in [1.807, 2.05) is 0 Å². The third kappa shape index (κ3) is 2.91. The van der Waals surface area contributed by atoms with Gasteiger partial charge in [-0.1, -0.05) is 30.3 Å². The van der Waals surface area contributed by atoms with Gasteiger partial charge in [-0.05, 0) is 48.9 Å². The molecule has 4 heteroatoms. The summed E-state index contributed by atoms with van der Waals surface area (Å²) in [5.41, 5.74) is 1.45. The van der Waals surface area contributed by atoms with Crippen LogP contribution >= 0.6 is 11.3 Å². The number of methoxy groups -OCH3 is 1. The van der Waals surface area contributed by atoms with Gasteiger partial charge < -0.3 is 10.1 Å². The molecular formula is C19H24N2OS. The van der Waals surface area contributed by atoms with Gasteiger partial charge in [-0.2, -0.15) is 0 Å². The Kier molecular flexibility index (Phi) is 4.38. The van der Waals surface area contributed by atoms with Crippen molar-refractivity contribution < 1.29 is 4.74 Å². The maximum atomic E-state index is 5.46. The number of nitrogens with zero attached hydrogens (tertiary/aromatic N) is 1. The maximum Gasteiger partial charge on any atom is 0.134 e. The van der Waals surface area contributed by atoms with E-state index in [0.29, 0.717) is 12.1 Å². The third-order valence-corrected chi connectivity index (χ3v) is 6.28. The molecule has 3 saturated heterocycles. The summed E-state index contributed by atoms with van der Waals surface area (Å²) in [6.45, 7) is 3.38. The summed E-state index contributed by atoms with van der Waals surface area (Å²) in [4.78, 5) is 3.97. The lowest BCUT2D eigenvalue weighted by Crippen LogP contribution is -2.57. The molecule has 1 aromatic carbocycles. The summed E-state index contributed by atoms with van der Waals surface area (Å²) in [6, 6.07) is 14.1. The van der Waals surface area contributed by atoms with Crippen LogP contribution < -0.4 is 10.1 Å². The highest BCUT2D eigenvalue weighted by Crippen LogP contribution is 2.41. The number of benzene rings is 1. The molecule has 3 fully saturated rings. The van der Waals surface area contributed by atoms with Crippen molar-refractivity contribution in [3.63, 3.8) is 0 Å². The molecule has 5 rings (SSSR count). The molecule has 2 aromatic rings. The Morgan fingerprint density at radius 3 is 2.70 bits per heavy atom. The first-order chi connectivity index (χ1) is 11.4. The van der Waals surface area contributed by atoms with E-state index in [0.717, 1.165) is 18.2 Å². The van der Waals surface area contributed by atoms with E-state index in [1.54, 1.807) is 18.4 Å². The number of ether oxygens (including phenoxy) is 1. The van der Waals surface area contributed by atoms with Crippen molar-refractivity contribution in [1.29, 1.82) is 0 Å². The number of piperidine rings is 3. The molecule has 0 amide bonds. The number of thiophene rings is 1. The molecule has 3 aliphatic heterocycles. The van der Waals surface area contributed by atoms with Gasteiger partial charge >= 0.3 is 0 Å². The summed E-state index contributed by atoms with van der Waals surface area (Å²) >= 11 is 1.78. The lowest BCUT2D eigenvalue weighted by atomic mass is 9.76. The van der Waals surface area contributed by atoms with Crippen LogP contribution in [0.4, 0.5) is 0 Å². The number of rotatable bonds is 5. The van der Waals surface area contributed by atoms with Gasteiger partial charge in [-0.25, -0.2) is 0 Å². The fourth-order valence-electron chi connectivity index (χ4n) is 4.24. The highest BCUT2D eigenvalue weighted by Gasteiger charge is 2.42. The van der Waals surface area contributed by atoms with Crippen molar-refractivity contribution >= 4 is 11.3 Å². The Balaban J connectivity index is 1.55. The first-order valence-corrected chi connectivity index (χ1v) is 9.37. The second-order valence-electron chi connectivity index (χ2n) is 6.55. The second kappa shape index (κ2) is 6.63. The number of fused-ring (bicyclic) bond motifs is 3. The minimum Gasteiger partial charge on any atom is -0.496 e. The zero-order chi connectivity index (χ0) is 15.6. The van der Waals surface area contributed by atoms with Gasteiger partial charge in [0, 0.05) is 12.6 Å². The fraction of sp³-hybridized carbons (Fsp3) is 0.474. The Bertz CT molecular complexity index is 634. The molecular weight excluding hydrogens is 304 g/mol. The molecule has 1 aromatic heterocycles. The number of hydrogen-bond acceptors (Lipinski definition) is 4. The lowest BCUT2D eigenvalue weighted by molar-refractivity contribution is 0.0113. The second-order valence-corrected chi connectivity index (χ2v) is 7.55. The van der Waals surface area contributed by atoms with Gasteiger partial charge in [0.2, 0.25) is 0 Å². The smallest absolute Gasteiger partial charge is 0.134 e. The molecule has 1 N–H and O–H groups in total. The van der Waals surface area contributed by atoms with Gasteiger partial charge in [0.05, 0.1) is 18.0 Å². The van der Waals surface area contributed by atoms with Crippen LogP contribution in [0.3, 0.4) is 0 Å². The Morgan fingerprint density at radius 2 is 1.96 bits per heavy atom. The van der Waals surface area contributed by atoms with Crippen molar-refractivity contribution in [2.45, 2.75) is 31.5 Å². The van der Waals surface area contributed by atoms with Crippen LogP contribution in [-0.2, 0) is 6.54 Å². The molecule has 3 nitrogen and oxygen atoms in total. The van der Waals surface area contributed by atoms with Crippen molar-refractivity contribution in [3.05, 3.63) is 52.2 Å². The highest BCUT2D eigenvalue weighted by atomic mass is 32.1. The van der Waals surface area contributed by atoms with Crippen LogP contribution in [0.15, 0.2) is 41.8 Å². The average molecular weight is 328 g/mol. The van der Waals surface area contributed by atoms with Crippen LogP contribution in [0.25, 0.3) is 0 Å². The molecule has 0 saturated carbocycles. The maximum absolute atomic E-state index is 5.46. The van der Waals surface area contributed by atoms with E-state index in [4.69, 9.17) is 4.74 Å². The van der Waals surface area contributed by atoms with Gasteiger partial charge in [0.15, 0.2) is 0 Å². The quantitative estimate of drug-likeness (QED) is 0.906. The highest BCUT2D eigenvalue weighted by molar-refractivity contribution is 7.10. The molecule has 2 bridgehead atoms. The van der Waals surface area contributed by atoms with Gasteiger partial charge in [0.1, 0.15) is 5.75 Å². The summed E-state index contributed by atoms with van der Waals surface area (Å²) in [6.07, 6.45) is 2.64. The zero-order valence-electron chi connectivity index (χ0n) is 13.6. The molecule has 2 atom stereocenters. The van der Waals surface area contributed by atoms with Gasteiger partial charge in [0.25, 0.3) is 0 Å². The molecule has 0 spiro atoms. The van der Waals surface area contributed by atoms with E-state index in [-0.39, 0.29) is 0 Å². The molecule has 4 heterocycles. The van der Waals surface area contributed by atoms with Crippen molar-refractivity contribution in [1.82, 2.24) is 10.2 Å². The summed E-state index contributed by atoms with van der Waals surface area (Å²) < 4.78 is 5.46. The fourth-order valence-corrected chi connectivity index (χ4v) is 5.03. The Labute approximate surface area is 142 Å². The summed E-state index contributed by atoms with van der Waals surface area (Å²) in [5, 5.41) is 5.98. The molecule has 0 aliphatic carbocycles. The lowest BCUT2D eigenvalue weighted by Gasteiger charge is -2.51. The van der Waals surface area contributed by atoms with E-state index in [2.05, 4.69) is 52.0 Å². The van der Waals surface area contributed by atoms with Crippen LogP contribution in [0.1, 0.15) is 29.3 Å². The minimum absolute atomic E-state index is 0.509.